The number of fused-ring (bicyclic) bond motifs is 13. The van der Waals surface area contributed by atoms with Crippen LogP contribution in [0.2, 0.25) is 0 Å². The molecular weight excluding hydrogens is 711 g/mol. The van der Waals surface area contributed by atoms with Crippen LogP contribution in [0.4, 0.5) is 0 Å². The number of hydrogen-bond acceptors (Lipinski definition) is 4. The summed E-state index contributed by atoms with van der Waals surface area (Å²) in [6.07, 6.45) is 0. The molecule has 0 N–H and O–H groups in total. The third-order valence-corrected chi connectivity index (χ3v) is 14.1. The molecule has 57 heavy (non-hydrogen) atoms. The van der Waals surface area contributed by atoms with Gasteiger partial charge >= 0.3 is 0 Å². The van der Waals surface area contributed by atoms with Crippen molar-refractivity contribution in [3.8, 4) is 56.4 Å². The molecule has 0 spiro atoms. The maximum absolute atomic E-state index is 5.29. The molecule has 12 rings (SSSR count). The van der Waals surface area contributed by atoms with Gasteiger partial charge in [0, 0.05) is 47.7 Å². The molecule has 10 aromatic rings. The standard InChI is InChI=1S/C53H37N3S/c1-52(2)41-14-8-5-11-36(41)38-24-20-33(28-43(38)52)50-54-49(55-51(56-50)34-21-25-39-37-12-6-9-15-42(37)53(3,4)44(39)29-34)32-19-23-35-31(27-32)18-17-30-22-26-46-48(47(30)35)40-13-7-10-16-45(40)57-46/h5-29H,1-4H3. The molecule has 3 nitrogen and oxygen atoms in total. The van der Waals surface area contributed by atoms with Crippen molar-refractivity contribution in [1.29, 1.82) is 0 Å². The summed E-state index contributed by atoms with van der Waals surface area (Å²) in [4.78, 5) is 15.9. The minimum atomic E-state index is -0.137. The number of aromatic nitrogens is 3. The van der Waals surface area contributed by atoms with Crippen molar-refractivity contribution in [2.24, 2.45) is 0 Å². The van der Waals surface area contributed by atoms with Gasteiger partial charge in [0.05, 0.1) is 0 Å². The Bertz CT molecular complexity index is 3240. The highest BCUT2D eigenvalue weighted by Crippen LogP contribution is 2.51. The van der Waals surface area contributed by atoms with E-state index in [4.69, 9.17) is 15.0 Å². The summed E-state index contributed by atoms with van der Waals surface area (Å²) in [6, 6.07) is 55.6. The molecule has 0 saturated heterocycles. The number of rotatable bonds is 3. The Morgan fingerprint density at radius 2 is 0.860 bits per heavy atom. The third-order valence-electron chi connectivity index (χ3n) is 12.9. The molecule has 2 aromatic heterocycles. The van der Waals surface area contributed by atoms with Crippen LogP contribution in [0, 0.1) is 0 Å². The van der Waals surface area contributed by atoms with E-state index in [0.717, 1.165) is 16.7 Å². The van der Waals surface area contributed by atoms with Crippen LogP contribution in [0.5, 0.6) is 0 Å². The first kappa shape index (κ1) is 32.7. The zero-order chi connectivity index (χ0) is 38.2. The van der Waals surface area contributed by atoms with Crippen molar-refractivity contribution < 1.29 is 0 Å². The molecule has 0 unspecified atom stereocenters. The van der Waals surface area contributed by atoms with Gasteiger partial charge < -0.3 is 0 Å². The molecule has 2 heterocycles. The summed E-state index contributed by atoms with van der Waals surface area (Å²) in [5.41, 5.74) is 13.2. The highest BCUT2D eigenvalue weighted by molar-refractivity contribution is 7.26. The zero-order valence-electron chi connectivity index (χ0n) is 32.2. The van der Waals surface area contributed by atoms with Gasteiger partial charge in [-0.25, -0.2) is 15.0 Å². The van der Waals surface area contributed by atoms with E-state index in [-0.39, 0.29) is 10.8 Å². The molecule has 0 fully saturated rings. The van der Waals surface area contributed by atoms with Gasteiger partial charge in [0.25, 0.3) is 0 Å². The second kappa shape index (κ2) is 11.5. The lowest BCUT2D eigenvalue weighted by molar-refractivity contribution is 0.660. The number of hydrogen-bond donors (Lipinski definition) is 0. The van der Waals surface area contributed by atoms with E-state index >= 15 is 0 Å². The van der Waals surface area contributed by atoms with Crippen LogP contribution in [0.1, 0.15) is 49.9 Å². The fourth-order valence-electron chi connectivity index (χ4n) is 9.96. The predicted octanol–water partition coefficient (Wildman–Crippen LogP) is 14.2. The van der Waals surface area contributed by atoms with E-state index in [9.17, 15) is 0 Å². The van der Waals surface area contributed by atoms with Gasteiger partial charge in [-0.1, -0.05) is 149 Å². The van der Waals surface area contributed by atoms with E-state index in [1.807, 2.05) is 11.3 Å². The molecule has 0 radical (unpaired) electrons. The fraction of sp³-hybridized carbons (Fsp3) is 0.113. The maximum atomic E-state index is 5.29. The molecule has 0 amide bonds. The summed E-state index contributed by atoms with van der Waals surface area (Å²) < 4.78 is 2.63. The lowest BCUT2D eigenvalue weighted by atomic mass is 9.82. The van der Waals surface area contributed by atoms with Crippen molar-refractivity contribution >= 4 is 53.1 Å². The largest absolute Gasteiger partial charge is 0.208 e. The lowest BCUT2D eigenvalue weighted by Gasteiger charge is -2.22. The molecule has 0 bridgehead atoms. The lowest BCUT2D eigenvalue weighted by Crippen LogP contribution is -2.15. The van der Waals surface area contributed by atoms with Crippen LogP contribution in [0.25, 0.3) is 98.1 Å². The Balaban J connectivity index is 1.06. The van der Waals surface area contributed by atoms with Crippen molar-refractivity contribution in [1.82, 2.24) is 15.0 Å². The second-order valence-corrected chi connectivity index (χ2v) is 17.9. The molecule has 0 saturated carbocycles. The topological polar surface area (TPSA) is 38.7 Å². The summed E-state index contributed by atoms with van der Waals surface area (Å²) in [5.74, 6) is 2.03. The molecule has 270 valence electrons. The number of thiophene rings is 1. The summed E-state index contributed by atoms with van der Waals surface area (Å²) in [5, 5.41) is 7.60. The summed E-state index contributed by atoms with van der Waals surface area (Å²) in [6.45, 7) is 9.28. The van der Waals surface area contributed by atoms with Crippen molar-refractivity contribution in [2.75, 3.05) is 0 Å². The molecule has 2 aliphatic rings. The van der Waals surface area contributed by atoms with Crippen LogP contribution >= 0.6 is 11.3 Å². The highest BCUT2D eigenvalue weighted by atomic mass is 32.1. The fourth-order valence-corrected chi connectivity index (χ4v) is 11.1. The molecule has 8 aromatic carbocycles. The monoisotopic (exact) mass is 747 g/mol. The zero-order valence-corrected chi connectivity index (χ0v) is 33.0. The Kier molecular flexibility index (Phi) is 6.62. The molecule has 0 aliphatic heterocycles. The van der Waals surface area contributed by atoms with E-state index < -0.39 is 0 Å². The minimum Gasteiger partial charge on any atom is -0.208 e. The Labute approximate surface area is 335 Å². The van der Waals surface area contributed by atoms with Crippen LogP contribution in [-0.4, -0.2) is 15.0 Å². The molecule has 4 heteroatoms. The van der Waals surface area contributed by atoms with Crippen molar-refractivity contribution in [2.45, 2.75) is 38.5 Å². The quantitative estimate of drug-likeness (QED) is 0.169. The van der Waals surface area contributed by atoms with Gasteiger partial charge in [-0.05, 0) is 96.4 Å². The van der Waals surface area contributed by atoms with E-state index in [2.05, 4.69) is 179 Å². The Hall–Kier alpha value is -6.49. The van der Waals surface area contributed by atoms with E-state index in [0.29, 0.717) is 17.5 Å². The van der Waals surface area contributed by atoms with Gasteiger partial charge in [0.2, 0.25) is 0 Å². The maximum Gasteiger partial charge on any atom is 0.164 e. The summed E-state index contributed by atoms with van der Waals surface area (Å²) in [7, 11) is 0. The molecular formula is C53H37N3S. The Morgan fingerprint density at radius 1 is 0.368 bits per heavy atom. The third kappa shape index (κ3) is 4.62. The van der Waals surface area contributed by atoms with Crippen molar-refractivity contribution in [3.63, 3.8) is 0 Å². The predicted molar refractivity (Wildman–Crippen MR) is 239 cm³/mol. The first-order valence-electron chi connectivity index (χ1n) is 19.8. The average molecular weight is 748 g/mol. The average Bonchev–Trinajstić information content (AvgIpc) is 3.82. The van der Waals surface area contributed by atoms with Crippen LogP contribution in [0.3, 0.4) is 0 Å². The molecule has 0 atom stereocenters. The van der Waals surface area contributed by atoms with Crippen LogP contribution in [-0.2, 0) is 10.8 Å². The normalized spacial score (nSPS) is 14.6. The van der Waals surface area contributed by atoms with Gasteiger partial charge in [0.1, 0.15) is 0 Å². The molecule has 2 aliphatic carbocycles. The van der Waals surface area contributed by atoms with Gasteiger partial charge in [-0.2, -0.15) is 0 Å². The van der Waals surface area contributed by atoms with Crippen LogP contribution in [0.15, 0.2) is 152 Å². The minimum absolute atomic E-state index is 0.137. The first-order chi connectivity index (χ1) is 27.7. The van der Waals surface area contributed by atoms with Gasteiger partial charge in [0.15, 0.2) is 17.5 Å². The number of nitrogens with zero attached hydrogens (tertiary/aromatic N) is 3. The highest BCUT2D eigenvalue weighted by Gasteiger charge is 2.37. The van der Waals surface area contributed by atoms with E-state index in [1.165, 1.54) is 86.2 Å². The van der Waals surface area contributed by atoms with Gasteiger partial charge in [-0.15, -0.1) is 11.3 Å². The second-order valence-electron chi connectivity index (χ2n) is 16.8. The van der Waals surface area contributed by atoms with Crippen molar-refractivity contribution in [3.05, 3.63) is 174 Å². The smallest absolute Gasteiger partial charge is 0.164 e. The SMILES string of the molecule is CC1(C)c2ccccc2-c2ccc(-c3nc(-c4ccc5c(c4)C(C)(C)c4ccccc4-5)nc(-c4ccc5c(ccc6ccc7sc8ccccc8c7c65)c4)n3)cc21. The summed E-state index contributed by atoms with van der Waals surface area (Å²) >= 11 is 1.86. The van der Waals surface area contributed by atoms with Crippen LogP contribution < -0.4 is 0 Å². The van der Waals surface area contributed by atoms with E-state index in [1.54, 1.807) is 0 Å². The number of benzene rings is 8. The van der Waals surface area contributed by atoms with Gasteiger partial charge in [-0.3, -0.25) is 0 Å². The first-order valence-corrected chi connectivity index (χ1v) is 20.6. The Morgan fingerprint density at radius 3 is 1.49 bits per heavy atom.